The number of hydrogen-bond donors (Lipinski definition) is 2. The van der Waals surface area contributed by atoms with E-state index in [9.17, 15) is 32.6 Å². The van der Waals surface area contributed by atoms with Gasteiger partial charge >= 0.3 is 5.97 Å². The number of likely N-dealkylation sites (tertiary alicyclic amines) is 1. The summed E-state index contributed by atoms with van der Waals surface area (Å²) >= 11 is 0.949. The minimum atomic E-state index is -1.10. The number of piperidine rings is 1. The Balaban J connectivity index is 1.39. The van der Waals surface area contributed by atoms with E-state index < -0.39 is 41.6 Å². The number of nitrogens with zero attached hydrogens (tertiary/aromatic N) is 2. The fraction of sp³-hybridized carbons (Fsp3) is 0.429. The molecule has 4 rings (SSSR count). The number of rotatable bonds is 11. The molecule has 11 heteroatoms. The number of aliphatic hydroxyl groups excluding tert-OH is 1. The quantitative estimate of drug-likeness (QED) is 0.221. The maximum absolute atomic E-state index is 13.9. The zero-order valence-electron chi connectivity index (χ0n) is 21.4. The average Bonchev–Trinajstić information content (AvgIpc) is 2.92. The van der Waals surface area contributed by atoms with Crippen LogP contribution in [-0.2, 0) is 11.5 Å². The SMILES string of the molecule is COc1ccc2ncc(CF)c(C(O)CCC3(C(=O)O)CCN(CCSc4c(F)cc(F)cc4F)CC3)c2c1. The van der Waals surface area contributed by atoms with Crippen LogP contribution in [0.5, 0.6) is 5.75 Å². The summed E-state index contributed by atoms with van der Waals surface area (Å²) < 4.78 is 60.0. The zero-order valence-corrected chi connectivity index (χ0v) is 22.2. The highest BCUT2D eigenvalue weighted by atomic mass is 32.2. The first-order chi connectivity index (χ1) is 18.7. The Kier molecular flexibility index (Phi) is 9.35. The highest BCUT2D eigenvalue weighted by Crippen LogP contribution is 2.40. The van der Waals surface area contributed by atoms with Gasteiger partial charge in [0.2, 0.25) is 0 Å². The summed E-state index contributed by atoms with van der Waals surface area (Å²) in [6, 6.07) is 6.41. The number of methoxy groups -OCH3 is 1. The van der Waals surface area contributed by atoms with Gasteiger partial charge in [-0.1, -0.05) is 0 Å². The second-order valence-corrected chi connectivity index (χ2v) is 10.8. The van der Waals surface area contributed by atoms with Crippen LogP contribution >= 0.6 is 11.8 Å². The van der Waals surface area contributed by atoms with Crippen molar-refractivity contribution in [2.75, 3.05) is 32.5 Å². The van der Waals surface area contributed by atoms with E-state index in [1.165, 1.54) is 13.3 Å². The number of carboxylic acid groups (broad SMARTS) is 1. The van der Waals surface area contributed by atoms with E-state index >= 15 is 0 Å². The number of aromatic nitrogens is 1. The molecular weight excluding hydrogens is 536 g/mol. The van der Waals surface area contributed by atoms with Gasteiger partial charge in [-0.15, -0.1) is 11.8 Å². The van der Waals surface area contributed by atoms with Gasteiger partial charge in [0.1, 0.15) is 29.9 Å². The molecule has 3 aromatic rings. The molecule has 0 saturated carbocycles. The molecule has 0 aliphatic carbocycles. The Morgan fingerprint density at radius 1 is 1.18 bits per heavy atom. The molecule has 1 saturated heterocycles. The van der Waals surface area contributed by atoms with Crippen molar-refractivity contribution in [3.63, 3.8) is 0 Å². The number of alkyl halides is 1. The molecule has 2 aromatic carbocycles. The summed E-state index contributed by atoms with van der Waals surface area (Å²) in [5.74, 6) is -2.94. The summed E-state index contributed by atoms with van der Waals surface area (Å²) in [6.45, 7) is 0.574. The number of ether oxygens (including phenoxy) is 1. The first-order valence-electron chi connectivity index (χ1n) is 12.6. The first kappa shape index (κ1) is 29.1. The highest BCUT2D eigenvalue weighted by molar-refractivity contribution is 7.99. The minimum absolute atomic E-state index is 0.120. The monoisotopic (exact) mass is 566 g/mol. The zero-order chi connectivity index (χ0) is 28.2. The molecule has 6 nitrogen and oxygen atoms in total. The lowest BCUT2D eigenvalue weighted by Crippen LogP contribution is -2.45. The summed E-state index contributed by atoms with van der Waals surface area (Å²) in [6.07, 6.45) is 1.27. The predicted molar refractivity (Wildman–Crippen MR) is 140 cm³/mol. The molecule has 2 N–H and O–H groups in total. The van der Waals surface area contributed by atoms with E-state index in [4.69, 9.17) is 4.74 Å². The Morgan fingerprint density at radius 2 is 1.87 bits per heavy atom. The van der Waals surface area contributed by atoms with Gasteiger partial charge in [-0.3, -0.25) is 9.78 Å². The number of pyridine rings is 1. The van der Waals surface area contributed by atoms with Crippen molar-refractivity contribution in [1.82, 2.24) is 9.88 Å². The summed E-state index contributed by atoms with van der Waals surface area (Å²) in [5, 5.41) is 21.8. The van der Waals surface area contributed by atoms with E-state index in [1.807, 2.05) is 4.90 Å². The average molecular weight is 567 g/mol. The molecule has 0 radical (unpaired) electrons. The number of benzene rings is 2. The third-order valence-corrected chi connectivity index (χ3v) is 8.52. The third kappa shape index (κ3) is 6.47. The molecule has 0 bridgehead atoms. The fourth-order valence-corrected chi connectivity index (χ4v) is 6.08. The van der Waals surface area contributed by atoms with Crippen molar-refractivity contribution < 1.29 is 37.3 Å². The Morgan fingerprint density at radius 3 is 2.49 bits per heavy atom. The van der Waals surface area contributed by atoms with Crippen LogP contribution in [0.4, 0.5) is 17.6 Å². The highest BCUT2D eigenvalue weighted by Gasteiger charge is 2.41. The van der Waals surface area contributed by atoms with Crippen LogP contribution in [0.15, 0.2) is 41.4 Å². The van der Waals surface area contributed by atoms with Gasteiger partial charge in [0, 0.05) is 41.6 Å². The standard InChI is InChI=1S/C28H30F4N2O4S/c1-38-19-2-3-23-20(14-19)25(17(15-29)16-33-23)24(35)4-5-28(27(36)37)6-8-34(9-7-28)10-11-39-26-21(31)12-18(30)13-22(26)32/h2-3,12-14,16,24,35H,4-11,15H2,1H3,(H,36,37). The Labute approximate surface area is 228 Å². The molecule has 1 aliphatic rings. The van der Waals surface area contributed by atoms with Gasteiger partial charge in [0.15, 0.2) is 0 Å². The van der Waals surface area contributed by atoms with Gasteiger partial charge in [0.25, 0.3) is 0 Å². The van der Waals surface area contributed by atoms with Crippen LogP contribution in [-0.4, -0.2) is 58.6 Å². The largest absolute Gasteiger partial charge is 0.497 e. The van der Waals surface area contributed by atoms with Crippen molar-refractivity contribution in [2.45, 2.75) is 43.4 Å². The van der Waals surface area contributed by atoms with Crippen LogP contribution in [0.2, 0.25) is 0 Å². The van der Waals surface area contributed by atoms with Crippen molar-refractivity contribution in [3.8, 4) is 5.75 Å². The maximum Gasteiger partial charge on any atom is 0.309 e. The molecule has 1 aliphatic heterocycles. The molecule has 1 aromatic heterocycles. The molecule has 0 spiro atoms. The minimum Gasteiger partial charge on any atom is -0.497 e. The predicted octanol–water partition coefficient (Wildman–Crippen LogP) is 5.90. The topological polar surface area (TPSA) is 82.9 Å². The number of aliphatic hydroxyl groups is 1. The lowest BCUT2D eigenvalue weighted by molar-refractivity contribution is -0.153. The second-order valence-electron chi connectivity index (χ2n) is 9.74. The number of halogens is 4. The van der Waals surface area contributed by atoms with Crippen LogP contribution in [0.3, 0.4) is 0 Å². The van der Waals surface area contributed by atoms with Crippen LogP contribution < -0.4 is 4.74 Å². The van der Waals surface area contributed by atoms with Crippen LogP contribution in [0.25, 0.3) is 10.9 Å². The first-order valence-corrected chi connectivity index (χ1v) is 13.6. The summed E-state index contributed by atoms with van der Waals surface area (Å²) in [4.78, 5) is 18.4. The van der Waals surface area contributed by atoms with Gasteiger partial charge in [-0.05, 0) is 62.5 Å². The molecule has 210 valence electrons. The van der Waals surface area contributed by atoms with Crippen LogP contribution in [0.1, 0.15) is 42.9 Å². The lowest BCUT2D eigenvalue weighted by atomic mass is 9.74. The molecule has 1 unspecified atom stereocenters. The van der Waals surface area contributed by atoms with E-state index in [2.05, 4.69) is 4.98 Å². The van der Waals surface area contributed by atoms with E-state index in [0.717, 1.165) is 11.8 Å². The summed E-state index contributed by atoms with van der Waals surface area (Å²) in [7, 11) is 1.50. The number of carboxylic acids is 1. The molecule has 0 amide bonds. The van der Waals surface area contributed by atoms with Gasteiger partial charge in [0.05, 0.1) is 29.0 Å². The van der Waals surface area contributed by atoms with E-state index in [-0.39, 0.29) is 23.3 Å². The molecular formula is C28H30F4N2O4S. The van der Waals surface area contributed by atoms with Crippen molar-refractivity contribution in [3.05, 3.63) is 65.1 Å². The van der Waals surface area contributed by atoms with Gasteiger partial charge < -0.3 is 19.8 Å². The smallest absolute Gasteiger partial charge is 0.309 e. The number of fused-ring (bicyclic) bond motifs is 1. The Bertz CT molecular complexity index is 1310. The van der Waals surface area contributed by atoms with E-state index in [0.29, 0.717) is 72.6 Å². The fourth-order valence-electron chi connectivity index (χ4n) is 5.14. The Hall–Kier alpha value is -2.89. The normalized spacial score (nSPS) is 16.4. The third-order valence-electron chi connectivity index (χ3n) is 7.46. The molecule has 1 atom stereocenters. The van der Waals surface area contributed by atoms with Gasteiger partial charge in [-0.25, -0.2) is 17.6 Å². The van der Waals surface area contributed by atoms with Gasteiger partial charge in [-0.2, -0.15) is 0 Å². The summed E-state index contributed by atoms with van der Waals surface area (Å²) in [5.41, 5.74) is 0.142. The molecule has 2 heterocycles. The van der Waals surface area contributed by atoms with Crippen molar-refractivity contribution in [2.24, 2.45) is 5.41 Å². The maximum atomic E-state index is 13.9. The number of hydrogen-bond acceptors (Lipinski definition) is 6. The van der Waals surface area contributed by atoms with E-state index in [1.54, 1.807) is 18.2 Å². The molecule has 1 fully saturated rings. The number of thioether (sulfide) groups is 1. The number of aliphatic carboxylic acids is 1. The number of carbonyl (C=O) groups is 1. The van der Waals surface area contributed by atoms with Crippen molar-refractivity contribution in [1.29, 1.82) is 0 Å². The molecule has 39 heavy (non-hydrogen) atoms. The van der Waals surface area contributed by atoms with Crippen LogP contribution in [0, 0.1) is 22.9 Å². The second kappa shape index (κ2) is 12.5. The lowest BCUT2D eigenvalue weighted by Gasteiger charge is -2.39. The van der Waals surface area contributed by atoms with Crippen molar-refractivity contribution >= 4 is 28.6 Å².